The fraction of sp³-hybridized carbons (Fsp3) is 0.125. The van der Waals surface area contributed by atoms with Crippen molar-refractivity contribution in [3.05, 3.63) is 27.4 Å². The molecule has 0 atom stereocenters. The zero-order valence-electron chi connectivity index (χ0n) is 8.56. The zero-order valence-corrected chi connectivity index (χ0v) is 9.32. The van der Waals surface area contributed by atoms with Crippen molar-refractivity contribution in [2.45, 2.75) is 6.92 Å². The number of nitrogens with one attached hydrogen (secondary N) is 2. The van der Waals surface area contributed by atoms with Gasteiger partial charge in [-0.1, -0.05) is 11.6 Å². The Morgan fingerprint density at radius 3 is 2.65 bits per heavy atom. The van der Waals surface area contributed by atoms with Gasteiger partial charge in [-0.3, -0.25) is 25.5 Å². The van der Waals surface area contributed by atoms with Crippen molar-refractivity contribution in [2.24, 2.45) is 0 Å². The second-order valence-electron chi connectivity index (χ2n) is 2.89. The Morgan fingerprint density at radius 2 is 2.12 bits per heavy atom. The molecule has 90 valence electrons. The molecule has 0 unspecified atom stereocenters. The predicted molar refractivity (Wildman–Crippen MR) is 58.7 cm³/mol. The highest BCUT2D eigenvalue weighted by molar-refractivity contribution is 6.29. The largest absolute Gasteiger partial charge is 0.327 e. The first-order valence-corrected chi connectivity index (χ1v) is 4.67. The van der Waals surface area contributed by atoms with E-state index in [1.807, 2.05) is 5.32 Å². The first-order chi connectivity index (χ1) is 7.90. The van der Waals surface area contributed by atoms with Gasteiger partial charge < -0.3 is 0 Å². The summed E-state index contributed by atoms with van der Waals surface area (Å²) < 4.78 is 0. The summed E-state index contributed by atoms with van der Waals surface area (Å²) in [6, 6.07) is 1.39. The SMILES string of the molecule is CC(=O)NC(=O)Nc1nc(Cl)ccc1[N+](=O)[O-]. The van der Waals surface area contributed by atoms with Crippen molar-refractivity contribution < 1.29 is 14.5 Å². The van der Waals surface area contributed by atoms with E-state index in [2.05, 4.69) is 10.3 Å². The van der Waals surface area contributed by atoms with Crippen LogP contribution in [-0.4, -0.2) is 21.8 Å². The standard InChI is InChI=1S/C8H7ClN4O4/c1-4(14)10-8(15)12-7-5(13(16)17)2-3-6(9)11-7/h2-3H,1H3,(H2,10,11,12,14,15). The number of imide groups is 1. The van der Waals surface area contributed by atoms with Gasteiger partial charge in [-0.05, 0) is 6.07 Å². The van der Waals surface area contributed by atoms with Crippen LogP contribution in [0.2, 0.25) is 5.15 Å². The minimum atomic E-state index is -0.921. The van der Waals surface area contributed by atoms with Crippen LogP contribution in [0.3, 0.4) is 0 Å². The summed E-state index contributed by atoms with van der Waals surface area (Å²) in [6.45, 7) is 1.12. The third-order valence-corrected chi connectivity index (χ3v) is 1.77. The molecule has 0 bridgehead atoms. The van der Waals surface area contributed by atoms with Crippen LogP contribution < -0.4 is 10.6 Å². The smallest absolute Gasteiger partial charge is 0.286 e. The molecule has 0 fully saturated rings. The lowest BCUT2D eigenvalue weighted by atomic mass is 10.4. The fourth-order valence-corrected chi connectivity index (χ4v) is 1.11. The lowest BCUT2D eigenvalue weighted by Gasteiger charge is -2.04. The Kier molecular flexibility index (Phi) is 3.94. The van der Waals surface area contributed by atoms with Gasteiger partial charge in [0.2, 0.25) is 11.7 Å². The molecule has 0 spiro atoms. The average Bonchev–Trinajstić information content (AvgIpc) is 2.15. The van der Waals surface area contributed by atoms with Crippen LogP contribution in [0.1, 0.15) is 6.92 Å². The van der Waals surface area contributed by atoms with Crippen LogP contribution in [0.5, 0.6) is 0 Å². The molecule has 17 heavy (non-hydrogen) atoms. The van der Waals surface area contributed by atoms with Crippen molar-refractivity contribution in [1.82, 2.24) is 10.3 Å². The molecule has 1 aromatic heterocycles. The molecule has 9 heteroatoms. The van der Waals surface area contributed by atoms with E-state index >= 15 is 0 Å². The van der Waals surface area contributed by atoms with Gasteiger partial charge in [0.15, 0.2) is 0 Å². The minimum Gasteiger partial charge on any atom is -0.286 e. The van der Waals surface area contributed by atoms with Gasteiger partial charge in [0.25, 0.3) is 0 Å². The quantitative estimate of drug-likeness (QED) is 0.471. The Morgan fingerprint density at radius 1 is 1.47 bits per heavy atom. The molecule has 1 rings (SSSR count). The van der Waals surface area contributed by atoms with Gasteiger partial charge in [0.1, 0.15) is 5.15 Å². The van der Waals surface area contributed by atoms with Gasteiger partial charge in [0, 0.05) is 13.0 Å². The number of hydrogen-bond donors (Lipinski definition) is 2. The molecular formula is C8H7ClN4O4. The van der Waals surface area contributed by atoms with Gasteiger partial charge in [-0.15, -0.1) is 0 Å². The molecule has 0 saturated carbocycles. The molecule has 3 amide bonds. The van der Waals surface area contributed by atoms with Crippen molar-refractivity contribution in [2.75, 3.05) is 5.32 Å². The van der Waals surface area contributed by atoms with Gasteiger partial charge in [-0.2, -0.15) is 0 Å². The number of rotatable bonds is 2. The van der Waals surface area contributed by atoms with Crippen LogP contribution in [0.25, 0.3) is 0 Å². The molecule has 0 aliphatic carbocycles. The van der Waals surface area contributed by atoms with Gasteiger partial charge >= 0.3 is 11.7 Å². The molecule has 0 saturated heterocycles. The molecule has 0 aliphatic rings. The highest BCUT2D eigenvalue weighted by atomic mass is 35.5. The second kappa shape index (κ2) is 5.21. The van der Waals surface area contributed by atoms with Gasteiger partial charge in [0.05, 0.1) is 4.92 Å². The normalized spacial score (nSPS) is 9.53. The molecule has 1 aromatic rings. The number of carbonyl (C=O) groups is 2. The summed E-state index contributed by atoms with van der Waals surface area (Å²) in [6.07, 6.45) is 0. The predicted octanol–water partition coefficient (Wildman–Crippen LogP) is 1.31. The Balaban J connectivity index is 2.96. The monoisotopic (exact) mass is 258 g/mol. The van der Waals surface area contributed by atoms with Crippen molar-refractivity contribution in [3.63, 3.8) is 0 Å². The van der Waals surface area contributed by atoms with Crippen LogP contribution in [0.15, 0.2) is 12.1 Å². The van der Waals surface area contributed by atoms with Gasteiger partial charge in [-0.25, -0.2) is 9.78 Å². The maximum atomic E-state index is 11.2. The Hall–Kier alpha value is -2.22. The summed E-state index contributed by atoms with van der Waals surface area (Å²) in [7, 11) is 0. The van der Waals surface area contributed by atoms with Crippen molar-refractivity contribution in [3.8, 4) is 0 Å². The Labute approximate surface area is 100 Å². The van der Waals surface area contributed by atoms with E-state index < -0.39 is 22.5 Å². The minimum absolute atomic E-state index is 0.0197. The molecule has 0 aromatic carbocycles. The summed E-state index contributed by atoms with van der Waals surface area (Å²) in [5, 5.41) is 14.5. The number of carbonyl (C=O) groups excluding carboxylic acids is 2. The van der Waals surface area contributed by atoms with E-state index in [4.69, 9.17) is 11.6 Å². The van der Waals surface area contributed by atoms with Crippen LogP contribution in [0.4, 0.5) is 16.3 Å². The van der Waals surface area contributed by atoms with Crippen molar-refractivity contribution in [1.29, 1.82) is 0 Å². The van der Waals surface area contributed by atoms with E-state index in [1.54, 1.807) is 0 Å². The first-order valence-electron chi connectivity index (χ1n) is 4.29. The molecular weight excluding hydrogens is 252 g/mol. The van der Waals surface area contributed by atoms with Crippen LogP contribution in [-0.2, 0) is 4.79 Å². The first kappa shape index (κ1) is 12.8. The average molecular weight is 259 g/mol. The number of aromatic nitrogens is 1. The molecule has 0 radical (unpaired) electrons. The fourth-order valence-electron chi connectivity index (χ4n) is 0.966. The molecule has 1 heterocycles. The van der Waals surface area contributed by atoms with Crippen LogP contribution >= 0.6 is 11.6 Å². The maximum absolute atomic E-state index is 11.2. The van der Waals surface area contributed by atoms with E-state index in [9.17, 15) is 19.7 Å². The summed E-state index contributed by atoms with van der Waals surface area (Å²) in [5.41, 5.74) is -0.423. The number of anilines is 1. The zero-order chi connectivity index (χ0) is 13.0. The number of urea groups is 1. The Bertz CT molecular complexity index is 490. The maximum Gasteiger partial charge on any atom is 0.327 e. The molecule has 8 nitrogen and oxygen atoms in total. The number of halogens is 1. The summed E-state index contributed by atoms with van der Waals surface area (Å²) in [5.74, 6) is -0.937. The van der Waals surface area contributed by atoms with E-state index in [-0.39, 0.29) is 11.0 Å². The topological polar surface area (TPSA) is 114 Å². The highest BCUT2D eigenvalue weighted by Crippen LogP contribution is 2.23. The highest BCUT2D eigenvalue weighted by Gasteiger charge is 2.18. The summed E-state index contributed by atoms with van der Waals surface area (Å²) in [4.78, 5) is 35.2. The van der Waals surface area contributed by atoms with Crippen molar-refractivity contribution >= 4 is 35.0 Å². The molecule has 0 aliphatic heterocycles. The number of hydrogen-bond acceptors (Lipinski definition) is 5. The van der Waals surface area contributed by atoms with Crippen LogP contribution in [0, 0.1) is 10.1 Å². The van der Waals surface area contributed by atoms with E-state index in [0.29, 0.717) is 0 Å². The number of amides is 3. The number of nitrogens with zero attached hydrogens (tertiary/aromatic N) is 2. The lowest BCUT2D eigenvalue weighted by Crippen LogP contribution is -2.32. The second-order valence-corrected chi connectivity index (χ2v) is 3.28. The number of pyridine rings is 1. The third kappa shape index (κ3) is 3.68. The third-order valence-electron chi connectivity index (χ3n) is 1.56. The number of nitro groups is 1. The molecule has 2 N–H and O–H groups in total. The van der Waals surface area contributed by atoms with E-state index in [0.717, 1.165) is 13.0 Å². The van der Waals surface area contributed by atoms with E-state index in [1.165, 1.54) is 6.07 Å². The summed E-state index contributed by atoms with van der Waals surface area (Å²) >= 11 is 5.54. The lowest BCUT2D eigenvalue weighted by molar-refractivity contribution is -0.384.